The van der Waals surface area contributed by atoms with Crippen molar-refractivity contribution in [1.82, 2.24) is 9.13 Å². The summed E-state index contributed by atoms with van der Waals surface area (Å²) in [7, 11) is 0. The zero-order valence-electron chi connectivity index (χ0n) is 49.3. The molecule has 0 unspecified atom stereocenters. The van der Waals surface area contributed by atoms with Gasteiger partial charge in [0.25, 0.3) is 0 Å². The first kappa shape index (κ1) is 50.4. The number of benzene rings is 7. The van der Waals surface area contributed by atoms with Gasteiger partial charge in [-0.15, -0.1) is 0 Å². The fourth-order valence-electron chi connectivity index (χ4n) is 13.5. The van der Waals surface area contributed by atoms with E-state index in [0.29, 0.717) is 0 Å². The van der Waals surface area contributed by atoms with Crippen molar-refractivity contribution in [1.29, 1.82) is 0 Å². The summed E-state index contributed by atoms with van der Waals surface area (Å²) in [5, 5.41) is 5.36. The number of hydrogen-bond donors (Lipinski definition) is 0. The Balaban J connectivity index is 1.41. The Morgan fingerprint density at radius 2 is 0.595 bits per heavy atom. The normalized spacial score (nSPS) is 14.3. The minimum atomic E-state index is -0.135. The zero-order valence-corrected chi connectivity index (χ0v) is 49.3. The molecule has 0 saturated heterocycles. The van der Waals surface area contributed by atoms with Crippen molar-refractivity contribution in [3.8, 4) is 11.4 Å². The highest BCUT2D eigenvalue weighted by molar-refractivity contribution is 7.00. The molecule has 0 saturated carbocycles. The second-order valence-electron chi connectivity index (χ2n) is 29.5. The van der Waals surface area contributed by atoms with Crippen molar-refractivity contribution in [2.75, 3.05) is 0 Å². The largest absolute Gasteiger partial charge is 0.310 e. The van der Waals surface area contributed by atoms with Gasteiger partial charge in [0.05, 0.1) is 11.0 Å². The molecule has 0 N–H and O–H groups in total. The summed E-state index contributed by atoms with van der Waals surface area (Å²) in [4.78, 5) is 0. The first-order chi connectivity index (χ1) is 34.1. The van der Waals surface area contributed by atoms with Gasteiger partial charge in [-0.1, -0.05) is 206 Å². The highest BCUT2D eigenvalue weighted by Gasteiger charge is 2.45. The molecular weight excluding hydrogens is 890 g/mol. The summed E-state index contributed by atoms with van der Waals surface area (Å²) in [6.07, 6.45) is 0. The number of rotatable bonds is 2. The van der Waals surface area contributed by atoms with Gasteiger partial charge in [0, 0.05) is 44.0 Å². The van der Waals surface area contributed by atoms with E-state index in [9.17, 15) is 0 Å². The van der Waals surface area contributed by atoms with E-state index >= 15 is 0 Å². The first-order valence-electron chi connectivity index (χ1n) is 27.8. The van der Waals surface area contributed by atoms with Crippen LogP contribution >= 0.6 is 0 Å². The van der Waals surface area contributed by atoms with Crippen molar-refractivity contribution in [3.63, 3.8) is 0 Å². The molecular formula is C70H82B2N2. The summed E-state index contributed by atoms with van der Waals surface area (Å²) in [5.41, 5.74) is 29.6. The number of aryl methyl sites for hydroxylation is 4. The molecule has 7 aromatic carbocycles. The van der Waals surface area contributed by atoms with Gasteiger partial charge in [-0.25, -0.2) is 0 Å². The van der Waals surface area contributed by atoms with Crippen LogP contribution in [-0.4, -0.2) is 22.6 Å². The van der Waals surface area contributed by atoms with Crippen molar-refractivity contribution in [3.05, 3.63) is 153 Å². The number of fused-ring (bicyclic) bond motifs is 10. The molecule has 0 spiro atoms. The predicted molar refractivity (Wildman–Crippen MR) is 328 cm³/mol. The van der Waals surface area contributed by atoms with Gasteiger partial charge >= 0.3 is 0 Å². The molecule has 0 atom stereocenters. The Bertz CT molecular complexity index is 3550. The summed E-state index contributed by atoms with van der Waals surface area (Å²) in [6, 6.07) is 40.3. The monoisotopic (exact) mass is 973 g/mol. The van der Waals surface area contributed by atoms with Gasteiger partial charge in [0.2, 0.25) is 13.4 Å². The third kappa shape index (κ3) is 7.64. The quantitative estimate of drug-likeness (QED) is 0.153. The Kier molecular flexibility index (Phi) is 10.8. The Hall–Kier alpha value is -5.73. The number of aromatic nitrogens is 2. The van der Waals surface area contributed by atoms with Gasteiger partial charge in [-0.3, -0.25) is 0 Å². The molecule has 0 radical (unpaired) electrons. The zero-order chi connectivity index (χ0) is 53.6. The SMILES string of the molecule is Cc1ccc2c(c1)c1cc(C)cc3c1n2-c1cc2c(cc1B3c1c(C(C)(C)C)cc(C(C)(C)C)cc1C(C)(C)C)-n1c3ccc(C)cc3c3cc(C)cc(c31)B2c1c(C(C)(C)C)cc(C(C)(C)C)cc1C(C)(C)C. The molecule has 378 valence electrons. The van der Waals surface area contributed by atoms with Crippen LogP contribution in [0.25, 0.3) is 55.0 Å². The Morgan fingerprint density at radius 3 is 0.878 bits per heavy atom. The van der Waals surface area contributed by atoms with Gasteiger partial charge < -0.3 is 9.13 Å². The average Bonchev–Trinajstić information content (AvgIpc) is 3.76. The van der Waals surface area contributed by atoms with Crippen molar-refractivity contribution >= 4 is 89.8 Å². The molecule has 9 aromatic rings. The van der Waals surface area contributed by atoms with Crippen LogP contribution in [0.4, 0.5) is 0 Å². The molecule has 2 nitrogen and oxygen atoms in total. The van der Waals surface area contributed by atoms with Crippen LogP contribution in [0.2, 0.25) is 0 Å². The van der Waals surface area contributed by atoms with E-state index in [1.54, 1.807) is 0 Å². The average molecular weight is 973 g/mol. The molecule has 2 aromatic heterocycles. The van der Waals surface area contributed by atoms with Crippen LogP contribution in [0.3, 0.4) is 0 Å². The van der Waals surface area contributed by atoms with E-state index in [-0.39, 0.29) is 45.9 Å². The van der Waals surface area contributed by atoms with Crippen LogP contribution in [0.15, 0.2) is 97.1 Å². The predicted octanol–water partition coefficient (Wildman–Crippen LogP) is 14.6. The Morgan fingerprint density at radius 1 is 0.297 bits per heavy atom. The molecule has 2 aliphatic heterocycles. The minimum absolute atomic E-state index is 0.0220. The highest BCUT2D eigenvalue weighted by atomic mass is 15.0. The van der Waals surface area contributed by atoms with Crippen molar-refractivity contribution < 1.29 is 0 Å². The third-order valence-electron chi connectivity index (χ3n) is 17.2. The van der Waals surface area contributed by atoms with E-state index < -0.39 is 0 Å². The fraction of sp³-hybridized carbons (Fsp3) is 0.400. The highest BCUT2D eigenvalue weighted by Crippen LogP contribution is 2.42. The van der Waals surface area contributed by atoms with Crippen LogP contribution in [0.1, 0.15) is 180 Å². The standard InChI is InChI=1S/C70H82B2N2/c1-39-23-25-57-45(27-39)47-29-41(3)31-55-63(47)73(57)59-37-54-60(38-53(59)71(55)61-49(67(11,12)13)33-43(65(5,6)7)34-50(61)68(14,15)16)74-58-26-24-40(2)28-46(58)48-30-42(4)32-56(64(48)74)72(54)62-51(69(17,18)19)35-44(66(8,9)10)36-52(62)70(20,21)22/h23-38H,1-22H3. The third-order valence-corrected chi connectivity index (χ3v) is 17.2. The summed E-state index contributed by atoms with van der Waals surface area (Å²) >= 11 is 0. The maximum absolute atomic E-state index is 2.72. The van der Waals surface area contributed by atoms with E-state index in [4.69, 9.17) is 0 Å². The lowest BCUT2D eigenvalue weighted by Gasteiger charge is -2.40. The lowest BCUT2D eigenvalue weighted by Crippen LogP contribution is -2.63. The summed E-state index contributed by atoms with van der Waals surface area (Å²) < 4.78 is 5.41. The summed E-state index contributed by atoms with van der Waals surface area (Å²) in [6.45, 7) is 52.8. The second kappa shape index (κ2) is 15.9. The lowest BCUT2D eigenvalue weighted by molar-refractivity contribution is 0.552. The van der Waals surface area contributed by atoms with E-state index in [0.717, 1.165) is 0 Å². The molecule has 0 aliphatic carbocycles. The van der Waals surface area contributed by atoms with Gasteiger partial charge in [-0.2, -0.15) is 0 Å². The fourth-order valence-corrected chi connectivity index (χ4v) is 13.5. The van der Waals surface area contributed by atoms with Gasteiger partial charge in [0.15, 0.2) is 0 Å². The van der Waals surface area contributed by atoms with E-state index in [1.165, 1.54) is 143 Å². The van der Waals surface area contributed by atoms with Crippen molar-refractivity contribution in [2.45, 2.75) is 185 Å². The van der Waals surface area contributed by atoms with Crippen LogP contribution in [0.5, 0.6) is 0 Å². The number of nitrogens with zero attached hydrogens (tertiary/aromatic N) is 2. The lowest BCUT2D eigenvalue weighted by atomic mass is 9.30. The van der Waals surface area contributed by atoms with Gasteiger partial charge in [0.1, 0.15) is 0 Å². The molecule has 0 fully saturated rings. The molecule has 11 rings (SSSR count). The second-order valence-corrected chi connectivity index (χ2v) is 29.5. The number of hydrogen-bond acceptors (Lipinski definition) is 0. The Labute approximate surface area is 445 Å². The topological polar surface area (TPSA) is 9.86 Å². The maximum Gasteiger partial charge on any atom is 0.247 e. The summed E-state index contributed by atoms with van der Waals surface area (Å²) in [5.74, 6) is 0. The van der Waals surface area contributed by atoms with Crippen LogP contribution in [0, 0.1) is 27.7 Å². The molecule has 4 heteroatoms. The minimum Gasteiger partial charge on any atom is -0.310 e. The van der Waals surface area contributed by atoms with Gasteiger partial charge in [-0.05, 0) is 164 Å². The smallest absolute Gasteiger partial charge is 0.247 e. The first-order valence-corrected chi connectivity index (χ1v) is 27.8. The van der Waals surface area contributed by atoms with E-state index in [2.05, 4.69) is 259 Å². The van der Waals surface area contributed by atoms with Crippen LogP contribution in [-0.2, 0) is 32.5 Å². The molecule has 4 heterocycles. The van der Waals surface area contributed by atoms with Crippen LogP contribution < -0.4 is 32.8 Å². The molecule has 0 amide bonds. The molecule has 0 bridgehead atoms. The van der Waals surface area contributed by atoms with Crippen molar-refractivity contribution in [2.24, 2.45) is 0 Å². The maximum atomic E-state index is 2.72. The van der Waals surface area contributed by atoms with E-state index in [1.807, 2.05) is 0 Å². The molecule has 74 heavy (non-hydrogen) atoms. The molecule has 2 aliphatic rings.